The fourth-order valence-corrected chi connectivity index (χ4v) is 3.81. The highest BCUT2D eigenvalue weighted by atomic mass is 16.4. The van der Waals surface area contributed by atoms with Gasteiger partial charge in [0.25, 0.3) is 0 Å². The molecule has 3 aromatic rings. The highest BCUT2D eigenvalue weighted by molar-refractivity contribution is 6.04. The zero-order valence-electron chi connectivity index (χ0n) is 19.9. The molecule has 3 rings (SSSR count). The summed E-state index contributed by atoms with van der Waals surface area (Å²) in [5, 5.41) is 0.821. The van der Waals surface area contributed by atoms with E-state index in [9.17, 15) is 9.59 Å². The summed E-state index contributed by atoms with van der Waals surface area (Å²) in [5.41, 5.74) is 3.56. The molecule has 0 aliphatic carbocycles. The Labute approximate surface area is 195 Å². The van der Waals surface area contributed by atoms with Crippen molar-refractivity contribution in [2.45, 2.75) is 27.7 Å². The van der Waals surface area contributed by atoms with Crippen LogP contribution in [0.1, 0.15) is 38.8 Å². The van der Waals surface area contributed by atoms with Gasteiger partial charge in [-0.1, -0.05) is 18.2 Å². The lowest BCUT2D eigenvalue weighted by atomic mass is 10.1. The standard InChI is InChI=1S/C28H32N2O3/c1-5-29(6-2)24-14-9-21(10-15-24)11-17-26(31)18-13-23-19-22-12-16-25(30(7-3)8-4)20-27(22)33-28(23)32/h9-20H,5-8H2,1-4H3. The van der Waals surface area contributed by atoms with E-state index in [4.69, 9.17) is 4.42 Å². The maximum absolute atomic E-state index is 12.4. The number of fused-ring (bicyclic) bond motifs is 1. The number of ketones is 1. The van der Waals surface area contributed by atoms with E-state index in [-0.39, 0.29) is 5.78 Å². The summed E-state index contributed by atoms with van der Waals surface area (Å²) in [4.78, 5) is 29.2. The van der Waals surface area contributed by atoms with Crippen molar-refractivity contribution in [3.8, 4) is 0 Å². The molecule has 0 spiro atoms. The molecule has 0 aliphatic rings. The summed E-state index contributed by atoms with van der Waals surface area (Å²) in [6.07, 6.45) is 6.18. The van der Waals surface area contributed by atoms with E-state index in [0.717, 1.165) is 48.5 Å². The first kappa shape index (κ1) is 24.1. The van der Waals surface area contributed by atoms with Crippen molar-refractivity contribution in [2.24, 2.45) is 0 Å². The summed E-state index contributed by atoms with van der Waals surface area (Å²) in [6.45, 7) is 12.1. The second-order valence-electron chi connectivity index (χ2n) is 7.72. The molecule has 2 aromatic carbocycles. The SMILES string of the molecule is CCN(CC)c1ccc(C=CC(=O)C=Cc2cc3ccc(N(CC)CC)cc3oc2=O)cc1. The van der Waals surface area contributed by atoms with Gasteiger partial charge in [0.1, 0.15) is 5.58 Å². The van der Waals surface area contributed by atoms with Gasteiger partial charge in [-0.05, 0) is 81.8 Å². The molecule has 0 amide bonds. The zero-order chi connectivity index (χ0) is 23.8. The monoisotopic (exact) mass is 444 g/mol. The molecule has 5 nitrogen and oxygen atoms in total. The molecule has 5 heteroatoms. The van der Waals surface area contributed by atoms with Gasteiger partial charge in [-0.15, -0.1) is 0 Å². The van der Waals surface area contributed by atoms with Crippen LogP contribution in [0.4, 0.5) is 11.4 Å². The normalized spacial score (nSPS) is 11.5. The quantitative estimate of drug-likeness (QED) is 0.293. The van der Waals surface area contributed by atoms with Crippen molar-refractivity contribution in [3.05, 3.63) is 82.2 Å². The lowest BCUT2D eigenvalue weighted by Gasteiger charge is -2.20. The van der Waals surface area contributed by atoms with Crippen LogP contribution in [0.3, 0.4) is 0 Å². The third kappa shape index (κ3) is 6.01. The molecule has 0 bridgehead atoms. The van der Waals surface area contributed by atoms with Crippen molar-refractivity contribution in [1.29, 1.82) is 0 Å². The molecule has 0 fully saturated rings. The van der Waals surface area contributed by atoms with Crippen LogP contribution in [-0.4, -0.2) is 32.0 Å². The molecule has 0 saturated heterocycles. The molecule has 0 saturated carbocycles. The third-order valence-corrected chi connectivity index (χ3v) is 5.76. The average molecular weight is 445 g/mol. The first-order valence-electron chi connectivity index (χ1n) is 11.6. The minimum absolute atomic E-state index is 0.195. The number of hydrogen-bond donors (Lipinski definition) is 0. The van der Waals surface area contributed by atoms with E-state index in [2.05, 4.69) is 49.6 Å². The number of hydrogen-bond acceptors (Lipinski definition) is 5. The van der Waals surface area contributed by atoms with E-state index in [1.54, 1.807) is 12.1 Å². The van der Waals surface area contributed by atoms with Gasteiger partial charge in [-0.3, -0.25) is 4.79 Å². The van der Waals surface area contributed by atoms with Gasteiger partial charge in [0.05, 0.1) is 5.56 Å². The maximum atomic E-state index is 12.4. The smallest absolute Gasteiger partial charge is 0.343 e. The van der Waals surface area contributed by atoms with Crippen LogP contribution < -0.4 is 15.4 Å². The lowest BCUT2D eigenvalue weighted by molar-refractivity contribution is -0.110. The van der Waals surface area contributed by atoms with Gasteiger partial charge >= 0.3 is 5.63 Å². The molecule has 1 heterocycles. The minimum Gasteiger partial charge on any atom is -0.422 e. The Balaban J connectivity index is 1.72. The van der Waals surface area contributed by atoms with E-state index in [0.29, 0.717) is 11.1 Å². The topological polar surface area (TPSA) is 53.8 Å². The van der Waals surface area contributed by atoms with Crippen molar-refractivity contribution >= 4 is 40.3 Å². The van der Waals surface area contributed by atoms with Crippen LogP contribution >= 0.6 is 0 Å². The first-order chi connectivity index (χ1) is 16.0. The van der Waals surface area contributed by atoms with Crippen LogP contribution in [0, 0.1) is 0 Å². The largest absolute Gasteiger partial charge is 0.422 e. The molecular weight excluding hydrogens is 412 g/mol. The van der Waals surface area contributed by atoms with E-state index in [1.165, 1.54) is 18.2 Å². The molecule has 172 valence electrons. The Morgan fingerprint density at radius 3 is 2.00 bits per heavy atom. The van der Waals surface area contributed by atoms with Crippen molar-refractivity contribution in [2.75, 3.05) is 36.0 Å². The predicted octanol–water partition coefficient (Wildman–Crippen LogP) is 5.78. The third-order valence-electron chi connectivity index (χ3n) is 5.76. The Morgan fingerprint density at radius 1 is 0.788 bits per heavy atom. The summed E-state index contributed by atoms with van der Waals surface area (Å²) < 4.78 is 5.52. The van der Waals surface area contributed by atoms with Gasteiger partial charge in [0.2, 0.25) is 0 Å². The highest BCUT2D eigenvalue weighted by Crippen LogP contribution is 2.22. The molecule has 0 N–H and O–H groups in total. The average Bonchev–Trinajstić information content (AvgIpc) is 2.83. The minimum atomic E-state index is -0.459. The summed E-state index contributed by atoms with van der Waals surface area (Å²) in [6, 6.07) is 15.7. The van der Waals surface area contributed by atoms with Crippen molar-refractivity contribution < 1.29 is 9.21 Å². The van der Waals surface area contributed by atoms with Crippen LogP contribution in [0.5, 0.6) is 0 Å². The molecule has 0 aliphatic heterocycles. The van der Waals surface area contributed by atoms with E-state index in [1.807, 2.05) is 30.3 Å². The van der Waals surface area contributed by atoms with Crippen LogP contribution in [0.15, 0.2) is 69.9 Å². The summed E-state index contributed by atoms with van der Waals surface area (Å²) in [5.74, 6) is -0.195. The number of allylic oxidation sites excluding steroid dienone is 2. The first-order valence-corrected chi connectivity index (χ1v) is 11.6. The lowest BCUT2D eigenvalue weighted by Crippen LogP contribution is -2.21. The van der Waals surface area contributed by atoms with Crippen LogP contribution in [0.25, 0.3) is 23.1 Å². The second kappa shape index (κ2) is 11.3. The summed E-state index contributed by atoms with van der Waals surface area (Å²) >= 11 is 0. The molecule has 0 radical (unpaired) electrons. The fourth-order valence-electron chi connectivity index (χ4n) is 3.81. The molecular formula is C28H32N2O3. The van der Waals surface area contributed by atoms with Crippen LogP contribution in [-0.2, 0) is 4.79 Å². The van der Waals surface area contributed by atoms with Crippen molar-refractivity contribution in [1.82, 2.24) is 0 Å². The number of anilines is 2. The van der Waals surface area contributed by atoms with E-state index < -0.39 is 5.63 Å². The molecule has 1 aromatic heterocycles. The maximum Gasteiger partial charge on any atom is 0.343 e. The Morgan fingerprint density at radius 2 is 1.36 bits per heavy atom. The molecule has 0 atom stereocenters. The van der Waals surface area contributed by atoms with Gasteiger partial charge in [-0.25, -0.2) is 4.79 Å². The van der Waals surface area contributed by atoms with Gasteiger partial charge in [0, 0.05) is 49.0 Å². The zero-order valence-corrected chi connectivity index (χ0v) is 19.9. The Bertz CT molecular complexity index is 1200. The predicted molar refractivity (Wildman–Crippen MR) is 139 cm³/mol. The van der Waals surface area contributed by atoms with Gasteiger partial charge < -0.3 is 14.2 Å². The number of nitrogens with zero attached hydrogens (tertiary/aromatic N) is 2. The molecule has 33 heavy (non-hydrogen) atoms. The van der Waals surface area contributed by atoms with Crippen molar-refractivity contribution in [3.63, 3.8) is 0 Å². The summed E-state index contributed by atoms with van der Waals surface area (Å²) in [7, 11) is 0. The number of carbonyl (C=O) groups excluding carboxylic acids is 1. The van der Waals surface area contributed by atoms with Crippen LogP contribution in [0.2, 0.25) is 0 Å². The number of benzene rings is 2. The molecule has 0 unspecified atom stereocenters. The Kier molecular flexibility index (Phi) is 8.25. The van der Waals surface area contributed by atoms with Gasteiger partial charge in [0.15, 0.2) is 5.78 Å². The number of carbonyl (C=O) groups is 1. The number of rotatable bonds is 10. The van der Waals surface area contributed by atoms with Gasteiger partial charge in [-0.2, -0.15) is 0 Å². The Hall–Kier alpha value is -3.60. The van der Waals surface area contributed by atoms with E-state index >= 15 is 0 Å². The fraction of sp³-hybridized carbons (Fsp3) is 0.286. The second-order valence-corrected chi connectivity index (χ2v) is 7.72. The highest BCUT2D eigenvalue weighted by Gasteiger charge is 2.07.